The quantitative estimate of drug-likeness (QED) is 0.655. The summed E-state index contributed by atoms with van der Waals surface area (Å²) in [4.78, 5) is 10.7. The minimum Gasteiger partial charge on any atom is -0.452 e. The Morgan fingerprint density at radius 3 is 2.60 bits per heavy atom. The molecule has 6 nitrogen and oxygen atoms in total. The summed E-state index contributed by atoms with van der Waals surface area (Å²) in [6, 6.07) is -0.628. The molecule has 0 rings (SSSR count). The summed E-state index contributed by atoms with van der Waals surface area (Å²) in [5, 5.41) is 0. The topological polar surface area (TPSA) is 84.5 Å². The molecular weight excluding hydrogens is 220 g/mol. The molecule has 0 aliphatic carbocycles. The van der Waals surface area contributed by atoms with Crippen molar-refractivity contribution in [2.45, 2.75) is 25.8 Å². The van der Waals surface area contributed by atoms with E-state index < -0.39 is 22.3 Å². The maximum atomic E-state index is 11.2. The van der Waals surface area contributed by atoms with Crippen LogP contribution in [0.15, 0.2) is 0 Å². The zero-order valence-corrected chi connectivity index (χ0v) is 9.43. The van der Waals surface area contributed by atoms with E-state index in [1.807, 2.05) is 6.92 Å². The maximum Gasteiger partial charge on any atom is 0.421 e. The van der Waals surface area contributed by atoms with Crippen LogP contribution in [0, 0.1) is 12.3 Å². The molecule has 0 aromatic rings. The number of amides is 1. The number of nitrogens with one attached hydrogen (secondary N) is 2. The molecule has 0 aromatic carbocycles. The van der Waals surface area contributed by atoms with E-state index in [1.54, 1.807) is 4.72 Å². The molecule has 2 N–H and O–H groups in total. The first-order valence-electron chi connectivity index (χ1n) is 4.29. The number of rotatable bonds is 5. The van der Waals surface area contributed by atoms with Crippen molar-refractivity contribution in [1.29, 1.82) is 0 Å². The van der Waals surface area contributed by atoms with Crippen molar-refractivity contribution in [3.8, 4) is 12.3 Å². The van der Waals surface area contributed by atoms with Crippen molar-refractivity contribution in [1.82, 2.24) is 9.44 Å². The highest BCUT2D eigenvalue weighted by atomic mass is 32.2. The van der Waals surface area contributed by atoms with Gasteiger partial charge in [-0.1, -0.05) is 19.3 Å². The van der Waals surface area contributed by atoms with E-state index in [-0.39, 0.29) is 0 Å². The Morgan fingerprint density at radius 2 is 2.20 bits per heavy atom. The number of carbonyl (C=O) groups is 1. The normalized spacial score (nSPS) is 12.6. The van der Waals surface area contributed by atoms with E-state index in [0.717, 1.165) is 13.5 Å². The molecule has 0 saturated heterocycles. The molecule has 7 heteroatoms. The lowest BCUT2D eigenvalue weighted by molar-refractivity contribution is 0.177. The summed E-state index contributed by atoms with van der Waals surface area (Å²) < 4.78 is 30.4. The van der Waals surface area contributed by atoms with E-state index in [2.05, 4.69) is 15.4 Å². The SMILES string of the molecule is C#CC(CCC)NS(=O)(=O)NC(=O)OC. The summed E-state index contributed by atoms with van der Waals surface area (Å²) in [5.41, 5.74) is 0. The lowest BCUT2D eigenvalue weighted by Crippen LogP contribution is -2.44. The van der Waals surface area contributed by atoms with Crippen LogP contribution in [0.5, 0.6) is 0 Å². The highest BCUT2D eigenvalue weighted by Gasteiger charge is 2.18. The molecule has 86 valence electrons. The van der Waals surface area contributed by atoms with Crippen LogP contribution in [0.1, 0.15) is 19.8 Å². The Labute approximate surface area is 89.6 Å². The molecule has 0 fully saturated rings. The molecule has 0 aromatic heterocycles. The first-order chi connectivity index (χ1) is 6.95. The van der Waals surface area contributed by atoms with Gasteiger partial charge in [0.05, 0.1) is 13.2 Å². The third-order valence-corrected chi connectivity index (χ3v) is 2.51. The summed E-state index contributed by atoms with van der Waals surface area (Å²) in [6.45, 7) is 1.87. The summed E-state index contributed by atoms with van der Waals surface area (Å²) in [7, 11) is -2.88. The minimum atomic E-state index is -3.94. The zero-order chi connectivity index (χ0) is 11.9. The third-order valence-electron chi connectivity index (χ3n) is 1.48. The van der Waals surface area contributed by atoms with Crippen LogP contribution in [0.4, 0.5) is 4.79 Å². The fourth-order valence-electron chi connectivity index (χ4n) is 0.833. The van der Waals surface area contributed by atoms with Gasteiger partial charge in [-0.3, -0.25) is 0 Å². The number of ether oxygens (including phenoxy) is 1. The molecular formula is C8H14N2O4S. The average Bonchev–Trinajstić information content (AvgIpc) is 2.15. The van der Waals surface area contributed by atoms with Crippen LogP contribution < -0.4 is 9.44 Å². The lowest BCUT2D eigenvalue weighted by atomic mass is 10.2. The van der Waals surface area contributed by atoms with E-state index in [9.17, 15) is 13.2 Å². The van der Waals surface area contributed by atoms with Gasteiger partial charge in [0.1, 0.15) is 0 Å². The zero-order valence-electron chi connectivity index (χ0n) is 8.61. The van der Waals surface area contributed by atoms with Crippen molar-refractivity contribution < 1.29 is 17.9 Å². The Hall–Kier alpha value is -1.26. The fraction of sp³-hybridized carbons (Fsp3) is 0.625. The Balaban J connectivity index is 4.37. The van der Waals surface area contributed by atoms with Gasteiger partial charge in [-0.25, -0.2) is 9.52 Å². The Morgan fingerprint density at radius 1 is 1.60 bits per heavy atom. The molecule has 0 radical (unpaired) electrons. The molecule has 1 amide bonds. The molecule has 1 unspecified atom stereocenters. The summed E-state index contributed by atoms with van der Waals surface area (Å²) in [6.07, 6.45) is 5.28. The fourth-order valence-corrected chi connectivity index (χ4v) is 1.76. The molecule has 0 aliphatic heterocycles. The monoisotopic (exact) mass is 234 g/mol. The molecule has 0 saturated carbocycles. The van der Waals surface area contributed by atoms with E-state index >= 15 is 0 Å². The van der Waals surface area contributed by atoms with Crippen LogP contribution in [0.3, 0.4) is 0 Å². The van der Waals surface area contributed by atoms with Crippen molar-refractivity contribution in [3.05, 3.63) is 0 Å². The number of terminal acetylenes is 1. The maximum absolute atomic E-state index is 11.2. The van der Waals surface area contributed by atoms with Gasteiger partial charge < -0.3 is 4.74 Å². The smallest absolute Gasteiger partial charge is 0.421 e. The van der Waals surface area contributed by atoms with Gasteiger partial charge in [-0.2, -0.15) is 13.1 Å². The highest BCUT2D eigenvalue weighted by Crippen LogP contribution is 1.96. The molecule has 15 heavy (non-hydrogen) atoms. The standard InChI is InChI=1S/C8H14N2O4S/c1-4-6-7(5-2)9-15(12,13)10-8(11)14-3/h2,7,9H,4,6H2,1,3H3,(H,10,11). The number of methoxy groups -OCH3 is 1. The van der Waals surface area contributed by atoms with Gasteiger partial charge in [0, 0.05) is 0 Å². The van der Waals surface area contributed by atoms with Crippen molar-refractivity contribution in [2.24, 2.45) is 0 Å². The average molecular weight is 234 g/mol. The van der Waals surface area contributed by atoms with Crippen LogP contribution >= 0.6 is 0 Å². The Kier molecular flexibility index (Phi) is 5.74. The van der Waals surface area contributed by atoms with Crippen molar-refractivity contribution in [3.63, 3.8) is 0 Å². The first-order valence-corrected chi connectivity index (χ1v) is 5.77. The minimum absolute atomic E-state index is 0.499. The van der Waals surface area contributed by atoms with Crippen LogP contribution in [0.2, 0.25) is 0 Å². The lowest BCUT2D eigenvalue weighted by Gasteiger charge is -2.12. The van der Waals surface area contributed by atoms with Crippen molar-refractivity contribution in [2.75, 3.05) is 7.11 Å². The predicted molar refractivity (Wildman–Crippen MR) is 55.1 cm³/mol. The second-order valence-corrected chi connectivity index (χ2v) is 4.17. The van der Waals surface area contributed by atoms with Gasteiger partial charge in [-0.05, 0) is 6.42 Å². The van der Waals surface area contributed by atoms with Crippen molar-refractivity contribution >= 4 is 16.3 Å². The predicted octanol–water partition coefficient (Wildman–Crippen LogP) is -0.0213. The number of hydrogen-bond donors (Lipinski definition) is 2. The second kappa shape index (κ2) is 6.27. The first kappa shape index (κ1) is 13.7. The second-order valence-electron chi connectivity index (χ2n) is 2.72. The van der Waals surface area contributed by atoms with Gasteiger partial charge in [0.15, 0.2) is 0 Å². The van der Waals surface area contributed by atoms with Crippen LogP contribution in [-0.2, 0) is 14.9 Å². The number of hydrogen-bond acceptors (Lipinski definition) is 4. The van der Waals surface area contributed by atoms with Gasteiger partial charge >= 0.3 is 16.3 Å². The Bertz CT molecular complexity index is 344. The molecule has 0 bridgehead atoms. The van der Waals surface area contributed by atoms with E-state index in [1.165, 1.54) is 0 Å². The molecule has 1 atom stereocenters. The largest absolute Gasteiger partial charge is 0.452 e. The third kappa shape index (κ3) is 5.93. The molecule has 0 heterocycles. The van der Waals surface area contributed by atoms with E-state index in [4.69, 9.17) is 6.42 Å². The number of carbonyl (C=O) groups excluding carboxylic acids is 1. The van der Waals surface area contributed by atoms with E-state index in [0.29, 0.717) is 6.42 Å². The van der Waals surface area contributed by atoms with Crippen LogP contribution in [-0.4, -0.2) is 27.7 Å². The molecule has 0 spiro atoms. The highest BCUT2D eigenvalue weighted by molar-refractivity contribution is 7.88. The summed E-state index contributed by atoms with van der Waals surface area (Å²) in [5.74, 6) is 2.27. The van der Waals surface area contributed by atoms with Gasteiger partial charge in [-0.15, -0.1) is 6.42 Å². The van der Waals surface area contributed by atoms with Gasteiger partial charge in [0.2, 0.25) is 0 Å². The van der Waals surface area contributed by atoms with Crippen LogP contribution in [0.25, 0.3) is 0 Å². The summed E-state index contributed by atoms with van der Waals surface area (Å²) >= 11 is 0. The molecule has 0 aliphatic rings. The van der Waals surface area contributed by atoms with Gasteiger partial charge in [0.25, 0.3) is 0 Å².